The number of hydrogen-bond donors (Lipinski definition) is 5. The molecule has 0 radical (unpaired) electrons. The number of rotatable bonds is 9. The lowest BCUT2D eigenvalue weighted by molar-refractivity contribution is -0.147. The van der Waals surface area contributed by atoms with Gasteiger partial charge in [0.2, 0.25) is 17.7 Å². The van der Waals surface area contributed by atoms with Crippen molar-refractivity contribution in [1.82, 2.24) is 13.9 Å². The van der Waals surface area contributed by atoms with E-state index in [-0.39, 0.29) is 116 Å². The third-order valence-electron chi connectivity index (χ3n) is 16.7. The zero-order chi connectivity index (χ0) is 51.9. The molecule has 3 amide bonds. The van der Waals surface area contributed by atoms with Crippen LogP contribution in [0.5, 0.6) is 0 Å². The number of nitrogens with zero attached hydrogens (tertiary/aromatic N) is 4. The van der Waals surface area contributed by atoms with Crippen LogP contribution in [0.15, 0.2) is 24.3 Å². The molecule has 17 nitrogen and oxygen atoms in total. The van der Waals surface area contributed by atoms with E-state index in [1.165, 1.54) is 41.4 Å². The summed E-state index contributed by atoms with van der Waals surface area (Å²) >= 11 is 36.6. The van der Waals surface area contributed by atoms with E-state index in [0.717, 1.165) is 57.4 Å². The van der Waals surface area contributed by atoms with E-state index >= 15 is 0 Å². The Morgan fingerprint density at radius 2 is 0.972 bits per heavy atom. The van der Waals surface area contributed by atoms with Gasteiger partial charge in [-0.2, -0.15) is 25.4 Å². The Morgan fingerprint density at radius 3 is 1.33 bits per heavy atom. The fraction of sp³-hybridized carbons (Fsp3) is 0.652. The molecule has 2 aromatic carbocycles. The predicted molar refractivity (Wildman–Crippen MR) is 282 cm³/mol. The standard InChI is InChI=1S/C23H29Cl3N4O4S.C12H13Cl3N2O4S.C11H18N2O.ClH/c1-12-2-3-29(21-17(25)6-16(24)7-18(21)26)35(33,34)30(12)11-19(31)28-20-14-4-13-5-15(20)10-23(8-13,9-14)22(27)32;1-7-2-3-16(22(20,21)17(7)6-11(18)19)12-9(14)4-8(13)5-10(12)15;12-9-7-1-6-2-8(9)5-11(3-6,4-7)10(13)14;/h6-7,12-15,20H,2-5,8-11H2,1H3,(H2,27,32)(H,28,31);4-5,7H,2-3,6H2,1H3,(H,18,19);6-9H,1-5,12H2,(H2,13,14);1H. The van der Waals surface area contributed by atoms with Gasteiger partial charge < -0.3 is 27.6 Å². The van der Waals surface area contributed by atoms with Crippen LogP contribution in [0.4, 0.5) is 11.4 Å². The highest BCUT2D eigenvalue weighted by Gasteiger charge is 2.59. The lowest BCUT2D eigenvalue weighted by atomic mass is 9.47. The zero-order valence-electron chi connectivity index (χ0n) is 39.6. The number of nitrogens with two attached hydrogens (primary N) is 3. The van der Waals surface area contributed by atoms with E-state index in [1.807, 2.05) is 0 Å². The quantitative estimate of drug-likeness (QED) is 0.165. The molecule has 2 heterocycles. The third kappa shape index (κ3) is 11.0. The molecule has 8 saturated carbocycles. The maximum absolute atomic E-state index is 13.6. The molecule has 12 rings (SSSR count). The summed E-state index contributed by atoms with van der Waals surface area (Å²) in [6.07, 6.45) is 10.6. The first-order valence-electron chi connectivity index (χ1n) is 23.9. The van der Waals surface area contributed by atoms with Crippen molar-refractivity contribution >= 4 is 137 Å². The first-order valence-corrected chi connectivity index (χ1v) is 29.0. The Hall–Kier alpha value is -2.27. The number of benzene rings is 2. The van der Waals surface area contributed by atoms with Gasteiger partial charge in [0.25, 0.3) is 0 Å². The topological polar surface area (TPSA) is 260 Å². The minimum atomic E-state index is -4.07. The maximum Gasteiger partial charge on any atom is 0.318 e. The van der Waals surface area contributed by atoms with Gasteiger partial charge in [0.05, 0.1) is 38.0 Å². The molecule has 6 atom stereocenters. The van der Waals surface area contributed by atoms with Gasteiger partial charge in [0.15, 0.2) is 0 Å². The van der Waals surface area contributed by atoms with Crippen LogP contribution in [0, 0.1) is 46.3 Å². The molecular weight excluding hydrogens is 1120 g/mol. The van der Waals surface area contributed by atoms with Crippen LogP contribution in [-0.2, 0) is 39.6 Å². The maximum atomic E-state index is 13.6. The van der Waals surface area contributed by atoms with Crippen LogP contribution in [0.3, 0.4) is 0 Å². The van der Waals surface area contributed by atoms with Crippen LogP contribution < -0.4 is 31.1 Å². The summed E-state index contributed by atoms with van der Waals surface area (Å²) in [5, 5.41) is 13.1. The SMILES string of the molecule is CC1CCN(c2c(Cl)cc(Cl)cc2Cl)S(=O)(=O)N1CC(=O)NC1C2CC3CC1CC(C(N)=O)(C3)C2.CC1CCN(c2c(Cl)cc(Cl)cc2Cl)S(=O)(=O)N1CC(=O)O.Cl.NC(=O)C12CC3CC(C1)C(N)C(C3)C2. The lowest BCUT2D eigenvalue weighted by Gasteiger charge is -2.58. The number of amides is 3. The van der Waals surface area contributed by atoms with Gasteiger partial charge in [0.1, 0.15) is 6.54 Å². The minimum Gasteiger partial charge on any atom is -0.480 e. The van der Waals surface area contributed by atoms with Gasteiger partial charge in [-0.25, -0.2) is 0 Å². The number of hydrogen-bond acceptors (Lipinski definition) is 9. The van der Waals surface area contributed by atoms with Crippen molar-refractivity contribution in [2.75, 3.05) is 34.8 Å². The summed E-state index contributed by atoms with van der Waals surface area (Å²) in [4.78, 5) is 47.8. The van der Waals surface area contributed by atoms with Crippen molar-refractivity contribution in [3.8, 4) is 0 Å². The minimum absolute atomic E-state index is 0. The smallest absolute Gasteiger partial charge is 0.318 e. The number of anilines is 2. The molecule has 8 N–H and O–H groups in total. The normalized spacial score (nSPS) is 34.7. The number of aliphatic carboxylic acids is 1. The second-order valence-electron chi connectivity index (χ2n) is 21.3. The van der Waals surface area contributed by atoms with Gasteiger partial charge in [-0.05, 0) is 151 Å². The highest BCUT2D eigenvalue weighted by atomic mass is 35.5. The second kappa shape index (κ2) is 21.6. The van der Waals surface area contributed by atoms with Gasteiger partial charge in [-0.15, -0.1) is 12.4 Å². The molecule has 26 heteroatoms. The lowest BCUT2D eigenvalue weighted by Crippen LogP contribution is -2.63. The summed E-state index contributed by atoms with van der Waals surface area (Å²) in [6.45, 7) is 2.86. The molecule has 72 heavy (non-hydrogen) atoms. The first kappa shape index (κ1) is 57.4. The van der Waals surface area contributed by atoms with E-state index in [9.17, 15) is 36.0 Å². The first-order chi connectivity index (χ1) is 33.2. The van der Waals surface area contributed by atoms with E-state index in [2.05, 4.69) is 5.32 Å². The van der Waals surface area contributed by atoms with E-state index in [4.69, 9.17) is 91.9 Å². The highest BCUT2D eigenvalue weighted by Crippen LogP contribution is 2.61. The molecule has 10 fully saturated rings. The number of primary amides is 2. The van der Waals surface area contributed by atoms with E-state index < -0.39 is 44.4 Å². The highest BCUT2D eigenvalue weighted by molar-refractivity contribution is 7.91. The number of carboxylic acids is 1. The monoisotopic (exact) mass is 1180 g/mol. The Labute approximate surface area is 457 Å². The number of nitrogens with one attached hydrogen (secondary N) is 1. The van der Waals surface area contributed by atoms with Crippen LogP contribution in [-0.4, -0.2) is 105 Å². The van der Waals surface area contributed by atoms with Crippen molar-refractivity contribution in [2.45, 2.75) is 115 Å². The van der Waals surface area contributed by atoms with Crippen molar-refractivity contribution < 1.29 is 41.1 Å². The molecule has 8 bridgehead atoms. The molecule has 400 valence electrons. The largest absolute Gasteiger partial charge is 0.480 e. The molecule has 2 aliphatic heterocycles. The van der Waals surface area contributed by atoms with Crippen molar-refractivity contribution in [2.24, 2.45) is 63.5 Å². The average Bonchev–Trinajstić information content (AvgIpc) is 3.25. The van der Waals surface area contributed by atoms with Crippen LogP contribution in [0.25, 0.3) is 0 Å². The summed E-state index contributed by atoms with van der Waals surface area (Å²) in [6, 6.07) is 5.15. The summed E-state index contributed by atoms with van der Waals surface area (Å²) in [5.74, 6) is 0.873. The molecule has 0 aromatic heterocycles. The molecule has 8 aliphatic carbocycles. The summed E-state index contributed by atoms with van der Waals surface area (Å²) in [5.41, 5.74) is 17.2. The number of carbonyl (C=O) groups is 4. The summed E-state index contributed by atoms with van der Waals surface area (Å²) in [7, 11) is -8.11. The molecule has 0 spiro atoms. The Bertz CT molecular complexity index is 2630. The average molecular weight is 1180 g/mol. The number of carboxylic acid groups (broad SMARTS) is 1. The van der Waals surface area contributed by atoms with E-state index in [1.54, 1.807) is 13.8 Å². The zero-order valence-corrected chi connectivity index (χ0v) is 46.6. The molecule has 2 aromatic rings. The fourth-order valence-corrected chi connectivity index (χ4v) is 19.7. The third-order valence-corrected chi connectivity index (χ3v) is 22.3. The van der Waals surface area contributed by atoms with Crippen molar-refractivity contribution in [3.05, 3.63) is 54.4 Å². The van der Waals surface area contributed by atoms with Gasteiger partial charge >= 0.3 is 26.4 Å². The van der Waals surface area contributed by atoms with Gasteiger partial charge in [0, 0.05) is 58.1 Å². The Morgan fingerprint density at radius 1 is 0.625 bits per heavy atom. The molecule has 6 unspecified atom stereocenters. The van der Waals surface area contributed by atoms with Crippen LogP contribution in [0.1, 0.15) is 90.9 Å². The Kier molecular flexibility index (Phi) is 17.3. The van der Waals surface area contributed by atoms with Gasteiger partial charge in [-0.1, -0.05) is 69.6 Å². The van der Waals surface area contributed by atoms with Crippen LogP contribution >= 0.6 is 82.0 Å². The predicted octanol–water partition coefficient (Wildman–Crippen LogP) is 7.51. The van der Waals surface area contributed by atoms with Crippen molar-refractivity contribution in [1.29, 1.82) is 0 Å². The van der Waals surface area contributed by atoms with E-state index in [0.29, 0.717) is 54.5 Å². The molecular formula is C46H61Cl7N8O9S2. The molecule has 10 aliphatic rings. The molecule has 2 saturated heterocycles. The fourth-order valence-electron chi connectivity index (χ4n) is 13.7. The number of carbonyl (C=O) groups excluding carboxylic acids is 3. The Balaban J connectivity index is 0.000000175. The van der Waals surface area contributed by atoms with Gasteiger partial charge in [-0.3, -0.25) is 27.8 Å². The second-order valence-corrected chi connectivity index (χ2v) is 27.4. The van der Waals surface area contributed by atoms with Crippen molar-refractivity contribution in [3.63, 3.8) is 0 Å². The van der Waals surface area contributed by atoms with Crippen LogP contribution in [0.2, 0.25) is 30.1 Å². The number of halogens is 7. The summed E-state index contributed by atoms with van der Waals surface area (Å²) < 4.78 is 56.8.